The van der Waals surface area contributed by atoms with Gasteiger partial charge in [-0.3, -0.25) is 0 Å². The molecule has 0 fully saturated rings. The van der Waals surface area contributed by atoms with Crippen LogP contribution in [0.15, 0.2) is 0 Å². The molecule has 0 saturated heterocycles. The molecule has 0 aromatic carbocycles. The van der Waals surface area contributed by atoms with E-state index in [2.05, 4.69) is 27.9 Å². The number of hydrogen-bond acceptors (Lipinski definition) is 2. The van der Waals surface area contributed by atoms with E-state index in [1.807, 2.05) is 0 Å². The van der Waals surface area contributed by atoms with Gasteiger partial charge in [-0.1, -0.05) is 58.3 Å². The molecule has 3 nitrogen and oxygen atoms in total. The van der Waals surface area contributed by atoms with E-state index in [4.69, 9.17) is 9.84 Å². The van der Waals surface area contributed by atoms with Crippen LogP contribution in [0, 0.1) is 0 Å². The summed E-state index contributed by atoms with van der Waals surface area (Å²) in [5.41, 5.74) is 0. The molecule has 0 heterocycles. The summed E-state index contributed by atoms with van der Waals surface area (Å²) in [5, 5.41) is 8.81. The molecule has 0 amide bonds. The molecule has 4 heteroatoms. The summed E-state index contributed by atoms with van der Waals surface area (Å²) in [7, 11) is 4.44. The first-order valence-electron chi connectivity index (χ1n) is 9.09. The van der Waals surface area contributed by atoms with Crippen LogP contribution in [-0.4, -0.2) is 49.7 Å². The van der Waals surface area contributed by atoms with Crippen LogP contribution in [0.1, 0.15) is 78.1 Å². The van der Waals surface area contributed by atoms with Gasteiger partial charge in [0, 0.05) is 6.92 Å². The van der Waals surface area contributed by atoms with Crippen molar-refractivity contribution < 1.29 is 26.7 Å². The van der Waals surface area contributed by atoms with Gasteiger partial charge in [0.05, 0.1) is 33.9 Å². The standard InChI is InChI=1S/C18H40NO2.ClH/c1-5-6-7-8-9-10-11-12-13-14-15-19(3,4)18(2)21-17-16-20;/h18,20H,5-17H2,1-4H3;1H/q+1;/p-1. The summed E-state index contributed by atoms with van der Waals surface area (Å²) in [5.74, 6) is 0. The van der Waals surface area contributed by atoms with Crippen molar-refractivity contribution in [1.29, 1.82) is 0 Å². The van der Waals surface area contributed by atoms with E-state index in [0.29, 0.717) is 6.61 Å². The quantitative estimate of drug-likeness (QED) is 0.278. The first-order chi connectivity index (χ1) is 10.0. The minimum Gasteiger partial charge on any atom is -1.00 e. The molecule has 0 radical (unpaired) electrons. The van der Waals surface area contributed by atoms with Gasteiger partial charge in [0.15, 0.2) is 6.23 Å². The molecule has 0 rings (SSSR count). The van der Waals surface area contributed by atoms with Crippen molar-refractivity contribution in [3.8, 4) is 0 Å². The van der Waals surface area contributed by atoms with Gasteiger partial charge in [-0.15, -0.1) is 0 Å². The maximum absolute atomic E-state index is 8.81. The zero-order valence-electron chi connectivity index (χ0n) is 15.5. The third kappa shape index (κ3) is 13.8. The van der Waals surface area contributed by atoms with Crippen LogP contribution in [0.3, 0.4) is 0 Å². The molecule has 0 aliphatic rings. The van der Waals surface area contributed by atoms with E-state index < -0.39 is 0 Å². The fourth-order valence-corrected chi connectivity index (χ4v) is 2.61. The first kappa shape index (κ1) is 24.4. The fraction of sp³-hybridized carbons (Fsp3) is 1.00. The highest BCUT2D eigenvalue weighted by molar-refractivity contribution is 4.48. The summed E-state index contributed by atoms with van der Waals surface area (Å²) >= 11 is 0. The summed E-state index contributed by atoms with van der Waals surface area (Å²) in [6, 6.07) is 0. The second-order valence-electron chi connectivity index (χ2n) is 6.88. The van der Waals surface area contributed by atoms with E-state index in [0.717, 1.165) is 11.0 Å². The number of ether oxygens (including phenoxy) is 1. The third-order valence-electron chi connectivity index (χ3n) is 4.52. The van der Waals surface area contributed by atoms with Crippen molar-refractivity contribution in [1.82, 2.24) is 0 Å². The zero-order valence-corrected chi connectivity index (χ0v) is 16.2. The summed E-state index contributed by atoms with van der Waals surface area (Å²) in [6.45, 7) is 6.09. The third-order valence-corrected chi connectivity index (χ3v) is 4.52. The smallest absolute Gasteiger partial charge is 0.190 e. The largest absolute Gasteiger partial charge is 1.00 e. The molecule has 0 aromatic heterocycles. The van der Waals surface area contributed by atoms with Gasteiger partial charge in [-0.05, 0) is 12.8 Å². The van der Waals surface area contributed by atoms with Crippen molar-refractivity contribution in [3.63, 3.8) is 0 Å². The Kier molecular flexibility index (Phi) is 17.8. The number of nitrogens with zero attached hydrogens (tertiary/aromatic N) is 1. The number of halogens is 1. The van der Waals surface area contributed by atoms with E-state index in [1.54, 1.807) is 0 Å². The predicted molar refractivity (Wildman–Crippen MR) is 91.3 cm³/mol. The molecule has 1 atom stereocenters. The van der Waals surface area contributed by atoms with Crippen molar-refractivity contribution >= 4 is 0 Å². The summed E-state index contributed by atoms with van der Waals surface area (Å²) in [4.78, 5) is 0. The van der Waals surface area contributed by atoms with Crippen LogP contribution in [-0.2, 0) is 4.74 Å². The van der Waals surface area contributed by atoms with Crippen LogP contribution in [0.25, 0.3) is 0 Å². The predicted octanol–water partition coefficient (Wildman–Crippen LogP) is 1.34. The number of aliphatic hydroxyl groups excluding tert-OH is 1. The lowest BCUT2D eigenvalue weighted by atomic mass is 10.1. The van der Waals surface area contributed by atoms with E-state index >= 15 is 0 Å². The van der Waals surface area contributed by atoms with E-state index in [-0.39, 0.29) is 25.2 Å². The molecule has 0 bridgehead atoms. The van der Waals surface area contributed by atoms with Gasteiger partial charge in [-0.25, -0.2) is 0 Å². The Bertz CT molecular complexity index is 225. The molecule has 0 aromatic rings. The average molecular weight is 338 g/mol. The average Bonchev–Trinajstić information content (AvgIpc) is 2.46. The minimum absolute atomic E-state index is 0. The van der Waals surface area contributed by atoms with Gasteiger partial charge in [0.2, 0.25) is 0 Å². The Morgan fingerprint density at radius 1 is 0.864 bits per heavy atom. The van der Waals surface area contributed by atoms with E-state index in [9.17, 15) is 0 Å². The molecule has 1 N–H and O–H groups in total. The highest BCUT2D eigenvalue weighted by atomic mass is 35.5. The van der Waals surface area contributed by atoms with Crippen LogP contribution in [0.4, 0.5) is 0 Å². The molecule has 0 aliphatic heterocycles. The first-order valence-corrected chi connectivity index (χ1v) is 9.09. The van der Waals surface area contributed by atoms with Gasteiger partial charge in [-0.2, -0.15) is 0 Å². The van der Waals surface area contributed by atoms with Crippen molar-refractivity contribution in [3.05, 3.63) is 0 Å². The Morgan fingerprint density at radius 3 is 1.77 bits per heavy atom. The molecule has 22 heavy (non-hydrogen) atoms. The lowest BCUT2D eigenvalue weighted by Crippen LogP contribution is -3.00. The number of aliphatic hydroxyl groups is 1. The molecular formula is C18H40ClNO2. The lowest BCUT2D eigenvalue weighted by molar-refractivity contribution is -0.935. The molecule has 0 spiro atoms. The van der Waals surface area contributed by atoms with Gasteiger partial charge in [0.25, 0.3) is 0 Å². The zero-order chi connectivity index (χ0) is 16.0. The highest BCUT2D eigenvalue weighted by Gasteiger charge is 2.23. The SMILES string of the molecule is CCCCCCCCCCCC[N+](C)(C)C(C)OCCO.[Cl-]. The summed E-state index contributed by atoms with van der Waals surface area (Å²) in [6.07, 6.45) is 14.0. The second-order valence-corrected chi connectivity index (χ2v) is 6.88. The number of quaternary nitrogens is 1. The molecule has 0 saturated carbocycles. The van der Waals surface area contributed by atoms with Gasteiger partial charge < -0.3 is 26.7 Å². The Balaban J connectivity index is 0. The highest BCUT2D eigenvalue weighted by Crippen LogP contribution is 2.13. The molecular weight excluding hydrogens is 298 g/mol. The summed E-state index contributed by atoms with van der Waals surface area (Å²) < 4.78 is 6.51. The second kappa shape index (κ2) is 16.0. The topological polar surface area (TPSA) is 29.5 Å². The van der Waals surface area contributed by atoms with Crippen LogP contribution in [0.2, 0.25) is 0 Å². The number of unbranched alkanes of at least 4 members (excludes halogenated alkanes) is 9. The van der Waals surface area contributed by atoms with Crippen molar-refractivity contribution in [2.75, 3.05) is 33.9 Å². The molecule has 0 aliphatic carbocycles. The van der Waals surface area contributed by atoms with E-state index in [1.165, 1.54) is 64.2 Å². The lowest BCUT2D eigenvalue weighted by Gasteiger charge is -2.35. The number of hydrogen-bond donors (Lipinski definition) is 1. The fourth-order valence-electron chi connectivity index (χ4n) is 2.61. The maximum Gasteiger partial charge on any atom is 0.190 e. The Morgan fingerprint density at radius 2 is 1.32 bits per heavy atom. The van der Waals surface area contributed by atoms with Gasteiger partial charge in [0.1, 0.15) is 0 Å². The van der Waals surface area contributed by atoms with Gasteiger partial charge >= 0.3 is 0 Å². The normalized spacial score (nSPS) is 13.0. The van der Waals surface area contributed by atoms with Crippen molar-refractivity contribution in [2.24, 2.45) is 0 Å². The molecule has 1 unspecified atom stereocenters. The number of rotatable bonds is 15. The van der Waals surface area contributed by atoms with Crippen LogP contribution < -0.4 is 12.4 Å². The van der Waals surface area contributed by atoms with Crippen molar-refractivity contribution in [2.45, 2.75) is 84.3 Å². The van der Waals surface area contributed by atoms with Crippen LogP contribution in [0.5, 0.6) is 0 Å². The Labute approximate surface area is 145 Å². The monoisotopic (exact) mass is 337 g/mol. The maximum atomic E-state index is 8.81. The van der Waals surface area contributed by atoms with Crippen LogP contribution >= 0.6 is 0 Å². The minimum atomic E-state index is 0. The molecule has 136 valence electrons. The Hall–Kier alpha value is 0.170.